The molecule has 0 saturated carbocycles. The highest BCUT2D eigenvalue weighted by atomic mass is 35.5. The Bertz CT molecular complexity index is 953. The molecular weight excluding hydrogens is 378 g/mol. The zero-order valence-electron chi connectivity index (χ0n) is 16.5. The van der Waals surface area contributed by atoms with Crippen LogP contribution in [0.15, 0.2) is 42.7 Å². The number of halogens is 1. The second-order valence-corrected chi connectivity index (χ2v) is 6.86. The van der Waals surface area contributed by atoms with Crippen molar-refractivity contribution < 1.29 is 14.6 Å². The first-order valence-electron chi connectivity index (χ1n) is 8.92. The lowest BCUT2D eigenvalue weighted by atomic mass is 10.1. The van der Waals surface area contributed by atoms with Gasteiger partial charge >= 0.3 is 0 Å². The smallest absolute Gasteiger partial charge is 0.223 e. The molecule has 1 N–H and O–H groups in total. The van der Waals surface area contributed by atoms with Crippen LogP contribution in [0.25, 0.3) is 11.0 Å². The van der Waals surface area contributed by atoms with Crippen molar-refractivity contribution in [3.63, 3.8) is 0 Å². The first-order valence-corrected chi connectivity index (χ1v) is 8.92. The van der Waals surface area contributed by atoms with Crippen LogP contribution in [0.2, 0.25) is 0 Å². The van der Waals surface area contributed by atoms with Gasteiger partial charge in [-0.3, -0.25) is 4.79 Å². The lowest BCUT2D eigenvalue weighted by molar-refractivity contribution is -0.116. The van der Waals surface area contributed by atoms with Crippen LogP contribution in [0.4, 0.5) is 5.69 Å². The Labute approximate surface area is 171 Å². The standard InChI is InChI=1S/C21H25N3O3.ClH/c1-14-9-20-21(10-15(14)2)24(13-22-20)11-18(26)12-27-19-7-5-17(6-8-19)23(4)16(3)25;/h5-10,13,18,26H,11-12H2,1-4H3;1H. The fourth-order valence-electron chi connectivity index (χ4n) is 2.88. The highest BCUT2D eigenvalue weighted by Gasteiger charge is 2.11. The zero-order chi connectivity index (χ0) is 19.6. The van der Waals surface area contributed by atoms with Crippen LogP contribution in [0.1, 0.15) is 18.1 Å². The molecule has 1 heterocycles. The molecule has 0 fully saturated rings. The van der Waals surface area contributed by atoms with Gasteiger partial charge in [0.05, 0.1) is 23.9 Å². The maximum atomic E-state index is 11.4. The van der Waals surface area contributed by atoms with Crippen molar-refractivity contribution in [2.75, 3.05) is 18.6 Å². The molecule has 3 rings (SSSR count). The Kier molecular flexibility index (Phi) is 7.05. The predicted octanol–water partition coefficient (Wildman–Crippen LogP) is 3.50. The number of carbonyl (C=O) groups is 1. The molecule has 150 valence electrons. The highest BCUT2D eigenvalue weighted by molar-refractivity contribution is 5.90. The van der Waals surface area contributed by atoms with Crippen molar-refractivity contribution in [3.05, 3.63) is 53.9 Å². The Morgan fingerprint density at radius 3 is 2.50 bits per heavy atom. The lowest BCUT2D eigenvalue weighted by Crippen LogP contribution is -2.23. The molecule has 28 heavy (non-hydrogen) atoms. The van der Waals surface area contributed by atoms with Gasteiger partial charge in [0.2, 0.25) is 5.91 Å². The van der Waals surface area contributed by atoms with Crippen LogP contribution < -0.4 is 9.64 Å². The van der Waals surface area contributed by atoms with E-state index in [1.165, 1.54) is 18.1 Å². The molecule has 0 aliphatic carbocycles. The van der Waals surface area contributed by atoms with Crippen molar-refractivity contribution >= 4 is 35.0 Å². The third kappa shape index (κ3) is 4.82. The highest BCUT2D eigenvalue weighted by Crippen LogP contribution is 2.20. The number of rotatable bonds is 6. The monoisotopic (exact) mass is 403 g/mol. The molecule has 0 saturated heterocycles. The summed E-state index contributed by atoms with van der Waals surface area (Å²) in [5, 5.41) is 10.4. The van der Waals surface area contributed by atoms with Crippen LogP contribution in [-0.2, 0) is 11.3 Å². The second kappa shape index (κ2) is 9.08. The van der Waals surface area contributed by atoms with Gasteiger partial charge < -0.3 is 19.3 Å². The van der Waals surface area contributed by atoms with E-state index < -0.39 is 6.10 Å². The van der Waals surface area contributed by atoms with Gasteiger partial charge in [-0.05, 0) is 61.4 Å². The van der Waals surface area contributed by atoms with Gasteiger partial charge in [-0.15, -0.1) is 12.4 Å². The number of fused-ring (bicyclic) bond motifs is 1. The third-order valence-electron chi connectivity index (χ3n) is 4.78. The third-order valence-corrected chi connectivity index (χ3v) is 4.78. The minimum absolute atomic E-state index is 0. The van der Waals surface area contributed by atoms with Gasteiger partial charge in [-0.25, -0.2) is 4.98 Å². The van der Waals surface area contributed by atoms with Gasteiger partial charge in [0.25, 0.3) is 0 Å². The summed E-state index contributed by atoms with van der Waals surface area (Å²) < 4.78 is 7.62. The number of ether oxygens (including phenoxy) is 1. The SMILES string of the molecule is CC(=O)N(C)c1ccc(OCC(O)Cn2cnc3cc(C)c(C)cc32)cc1.Cl. The number of aryl methyl sites for hydroxylation is 2. The second-order valence-electron chi connectivity index (χ2n) is 6.86. The molecule has 7 heteroatoms. The Hall–Kier alpha value is -2.57. The van der Waals surface area contributed by atoms with Crippen LogP contribution in [0.3, 0.4) is 0 Å². The van der Waals surface area contributed by atoms with E-state index in [0.717, 1.165) is 16.7 Å². The molecular formula is C21H26ClN3O3. The number of benzene rings is 2. The summed E-state index contributed by atoms with van der Waals surface area (Å²) in [4.78, 5) is 17.4. The van der Waals surface area contributed by atoms with E-state index in [9.17, 15) is 9.90 Å². The van der Waals surface area contributed by atoms with Crippen LogP contribution >= 0.6 is 12.4 Å². The van der Waals surface area contributed by atoms with E-state index in [-0.39, 0.29) is 24.9 Å². The fraction of sp³-hybridized carbons (Fsp3) is 0.333. The van der Waals surface area contributed by atoms with E-state index >= 15 is 0 Å². The van der Waals surface area contributed by atoms with Crippen molar-refractivity contribution in [1.29, 1.82) is 0 Å². The summed E-state index contributed by atoms with van der Waals surface area (Å²) in [5.41, 5.74) is 5.14. The summed E-state index contributed by atoms with van der Waals surface area (Å²) in [6.45, 7) is 6.23. The molecule has 1 aromatic heterocycles. The molecule has 0 aliphatic rings. The molecule has 0 radical (unpaired) electrons. The number of carbonyl (C=O) groups excluding carboxylic acids is 1. The predicted molar refractivity (Wildman–Crippen MR) is 113 cm³/mol. The van der Waals surface area contributed by atoms with Gasteiger partial charge in [0, 0.05) is 19.7 Å². The van der Waals surface area contributed by atoms with Crippen LogP contribution in [0.5, 0.6) is 5.75 Å². The minimum Gasteiger partial charge on any atom is -0.491 e. The van der Waals surface area contributed by atoms with E-state index in [0.29, 0.717) is 12.3 Å². The maximum absolute atomic E-state index is 11.4. The topological polar surface area (TPSA) is 67.6 Å². The lowest BCUT2D eigenvalue weighted by Gasteiger charge is -2.16. The maximum Gasteiger partial charge on any atom is 0.223 e. The molecule has 3 aromatic rings. The number of aromatic nitrogens is 2. The van der Waals surface area contributed by atoms with E-state index in [1.807, 2.05) is 16.7 Å². The largest absolute Gasteiger partial charge is 0.491 e. The number of hydrogen-bond donors (Lipinski definition) is 1. The van der Waals surface area contributed by atoms with E-state index in [1.54, 1.807) is 30.4 Å². The number of anilines is 1. The van der Waals surface area contributed by atoms with Gasteiger partial charge in [0.1, 0.15) is 18.5 Å². The fourth-order valence-corrected chi connectivity index (χ4v) is 2.88. The summed E-state index contributed by atoms with van der Waals surface area (Å²) in [7, 11) is 1.72. The first-order chi connectivity index (χ1) is 12.8. The molecule has 0 spiro atoms. The number of hydrogen-bond acceptors (Lipinski definition) is 4. The summed E-state index contributed by atoms with van der Waals surface area (Å²) in [6.07, 6.45) is 1.09. The molecule has 6 nitrogen and oxygen atoms in total. The molecule has 1 amide bonds. The molecule has 1 unspecified atom stereocenters. The number of amides is 1. The Morgan fingerprint density at radius 1 is 1.21 bits per heavy atom. The average molecular weight is 404 g/mol. The molecule has 1 atom stereocenters. The zero-order valence-corrected chi connectivity index (χ0v) is 17.4. The number of aliphatic hydroxyl groups excluding tert-OH is 1. The number of nitrogens with zero attached hydrogens (tertiary/aromatic N) is 3. The van der Waals surface area contributed by atoms with Gasteiger partial charge in [-0.1, -0.05) is 0 Å². The van der Waals surface area contributed by atoms with Crippen LogP contribution in [0, 0.1) is 13.8 Å². The van der Waals surface area contributed by atoms with Gasteiger partial charge in [0.15, 0.2) is 0 Å². The molecule has 0 aliphatic heterocycles. The Balaban J connectivity index is 0.00000280. The average Bonchev–Trinajstić information content (AvgIpc) is 3.01. The Morgan fingerprint density at radius 2 is 1.86 bits per heavy atom. The van der Waals surface area contributed by atoms with E-state index in [2.05, 4.69) is 31.0 Å². The number of imidazole rings is 1. The summed E-state index contributed by atoms with van der Waals surface area (Å²) in [6, 6.07) is 11.4. The van der Waals surface area contributed by atoms with E-state index in [4.69, 9.17) is 4.74 Å². The first kappa shape index (κ1) is 21.7. The van der Waals surface area contributed by atoms with Crippen molar-refractivity contribution in [3.8, 4) is 5.75 Å². The number of aliphatic hydroxyl groups is 1. The van der Waals surface area contributed by atoms with Crippen molar-refractivity contribution in [2.24, 2.45) is 0 Å². The van der Waals surface area contributed by atoms with Crippen molar-refractivity contribution in [1.82, 2.24) is 9.55 Å². The summed E-state index contributed by atoms with van der Waals surface area (Å²) >= 11 is 0. The minimum atomic E-state index is -0.663. The normalized spacial score (nSPS) is 11.8. The molecule has 2 aromatic carbocycles. The van der Waals surface area contributed by atoms with Crippen LogP contribution in [-0.4, -0.2) is 40.3 Å². The van der Waals surface area contributed by atoms with Gasteiger partial charge in [-0.2, -0.15) is 0 Å². The van der Waals surface area contributed by atoms with Crippen molar-refractivity contribution in [2.45, 2.75) is 33.4 Å². The molecule has 0 bridgehead atoms. The quantitative estimate of drug-likeness (QED) is 0.684. The summed E-state index contributed by atoms with van der Waals surface area (Å²) in [5.74, 6) is 0.619.